The summed E-state index contributed by atoms with van der Waals surface area (Å²) in [6.07, 6.45) is 0. The third-order valence-corrected chi connectivity index (χ3v) is 6.58. The molecule has 4 rings (SSSR count). The molecule has 1 aromatic heterocycles. The molecular formula is C24H27N5O3S. The van der Waals surface area contributed by atoms with Crippen LogP contribution in [0.4, 0.5) is 0 Å². The standard InChI is InChI=1S/C24H27N5O3S/c1-17-4-6-19(7-5-17)23(31)28-14-12-27(13-15-28)22(30)16-33-24-26-25-18(2)29(24)20-8-10-21(32-3)11-9-20/h4-11H,12-16H2,1-3H3. The Hall–Kier alpha value is -3.33. The van der Waals surface area contributed by atoms with E-state index in [2.05, 4.69) is 10.2 Å². The zero-order valence-corrected chi connectivity index (χ0v) is 19.8. The van der Waals surface area contributed by atoms with E-state index in [1.165, 1.54) is 11.8 Å². The van der Waals surface area contributed by atoms with Crippen LogP contribution in [0, 0.1) is 13.8 Å². The smallest absolute Gasteiger partial charge is 0.253 e. The van der Waals surface area contributed by atoms with Crippen molar-refractivity contribution >= 4 is 23.6 Å². The van der Waals surface area contributed by atoms with Crippen LogP contribution in [-0.2, 0) is 4.79 Å². The zero-order valence-electron chi connectivity index (χ0n) is 19.0. The first-order chi connectivity index (χ1) is 16.0. The highest BCUT2D eigenvalue weighted by Crippen LogP contribution is 2.24. The van der Waals surface area contributed by atoms with Crippen molar-refractivity contribution in [1.82, 2.24) is 24.6 Å². The molecule has 0 saturated carbocycles. The molecule has 0 unspecified atom stereocenters. The molecular weight excluding hydrogens is 438 g/mol. The normalized spacial score (nSPS) is 13.8. The molecule has 1 fully saturated rings. The molecule has 2 heterocycles. The number of benzene rings is 2. The highest BCUT2D eigenvalue weighted by Gasteiger charge is 2.25. The SMILES string of the molecule is COc1ccc(-n2c(C)nnc2SCC(=O)N2CCN(C(=O)c3ccc(C)cc3)CC2)cc1. The van der Waals surface area contributed by atoms with Crippen molar-refractivity contribution in [3.63, 3.8) is 0 Å². The summed E-state index contributed by atoms with van der Waals surface area (Å²) in [7, 11) is 1.63. The molecule has 0 atom stereocenters. The van der Waals surface area contributed by atoms with E-state index in [9.17, 15) is 9.59 Å². The van der Waals surface area contributed by atoms with E-state index < -0.39 is 0 Å². The van der Waals surface area contributed by atoms with Gasteiger partial charge in [0.15, 0.2) is 5.16 Å². The molecule has 0 radical (unpaired) electrons. The first-order valence-corrected chi connectivity index (χ1v) is 11.8. The van der Waals surface area contributed by atoms with Gasteiger partial charge in [-0.1, -0.05) is 29.5 Å². The minimum absolute atomic E-state index is 0.0135. The average molecular weight is 466 g/mol. The third kappa shape index (κ3) is 5.19. The molecule has 1 aliphatic rings. The number of thioether (sulfide) groups is 1. The number of ether oxygens (including phenoxy) is 1. The molecule has 9 heteroatoms. The number of carbonyl (C=O) groups is 2. The number of aromatic nitrogens is 3. The van der Waals surface area contributed by atoms with Crippen molar-refractivity contribution in [2.75, 3.05) is 39.0 Å². The van der Waals surface area contributed by atoms with E-state index >= 15 is 0 Å². The fourth-order valence-corrected chi connectivity index (χ4v) is 4.62. The summed E-state index contributed by atoms with van der Waals surface area (Å²) in [4.78, 5) is 29.1. The summed E-state index contributed by atoms with van der Waals surface area (Å²) in [6, 6.07) is 15.2. The molecule has 0 N–H and O–H groups in total. The Bertz CT molecular complexity index is 1120. The lowest BCUT2D eigenvalue weighted by molar-refractivity contribution is -0.129. The van der Waals surface area contributed by atoms with Crippen LogP contribution >= 0.6 is 11.8 Å². The van der Waals surface area contributed by atoms with Crippen molar-refractivity contribution < 1.29 is 14.3 Å². The van der Waals surface area contributed by atoms with Gasteiger partial charge in [-0.15, -0.1) is 10.2 Å². The highest BCUT2D eigenvalue weighted by atomic mass is 32.2. The highest BCUT2D eigenvalue weighted by molar-refractivity contribution is 7.99. The number of rotatable bonds is 6. The summed E-state index contributed by atoms with van der Waals surface area (Å²) in [5, 5.41) is 9.10. The number of carbonyl (C=O) groups excluding carboxylic acids is 2. The van der Waals surface area contributed by atoms with E-state index in [1.54, 1.807) is 7.11 Å². The van der Waals surface area contributed by atoms with Crippen molar-refractivity contribution in [3.8, 4) is 11.4 Å². The van der Waals surface area contributed by atoms with Gasteiger partial charge < -0.3 is 14.5 Å². The molecule has 0 spiro atoms. The zero-order chi connectivity index (χ0) is 23.4. The Kier molecular flexibility index (Phi) is 6.98. The minimum atomic E-state index is 0.0135. The Labute approximate surface area is 197 Å². The van der Waals surface area contributed by atoms with Crippen molar-refractivity contribution in [2.45, 2.75) is 19.0 Å². The largest absolute Gasteiger partial charge is 0.497 e. The van der Waals surface area contributed by atoms with E-state index in [1.807, 2.05) is 76.7 Å². The van der Waals surface area contributed by atoms with E-state index in [0.717, 1.165) is 22.8 Å². The molecule has 2 amide bonds. The first-order valence-electron chi connectivity index (χ1n) is 10.8. The van der Waals surface area contributed by atoms with Gasteiger partial charge >= 0.3 is 0 Å². The van der Waals surface area contributed by atoms with Crippen LogP contribution < -0.4 is 4.74 Å². The van der Waals surface area contributed by atoms with Gasteiger partial charge in [-0.2, -0.15) is 0 Å². The average Bonchev–Trinajstić information content (AvgIpc) is 3.22. The third-order valence-electron chi connectivity index (χ3n) is 5.67. The number of hydrogen-bond acceptors (Lipinski definition) is 6. The summed E-state index contributed by atoms with van der Waals surface area (Å²) < 4.78 is 7.15. The van der Waals surface area contributed by atoms with Crippen LogP contribution in [0.3, 0.4) is 0 Å². The molecule has 0 aliphatic carbocycles. The van der Waals surface area contributed by atoms with Gasteiger partial charge in [-0.25, -0.2) is 0 Å². The summed E-state index contributed by atoms with van der Waals surface area (Å²) in [5.74, 6) is 1.83. The van der Waals surface area contributed by atoms with Crippen LogP contribution in [-0.4, -0.2) is 75.4 Å². The number of methoxy groups -OCH3 is 1. The fraction of sp³-hybridized carbons (Fsp3) is 0.333. The van der Waals surface area contributed by atoms with Crippen molar-refractivity contribution in [3.05, 3.63) is 65.5 Å². The van der Waals surface area contributed by atoms with Crippen molar-refractivity contribution in [1.29, 1.82) is 0 Å². The number of piperazine rings is 1. The summed E-state index contributed by atoms with van der Waals surface area (Å²) >= 11 is 1.37. The molecule has 172 valence electrons. The molecule has 3 aromatic rings. The molecule has 33 heavy (non-hydrogen) atoms. The molecule has 8 nitrogen and oxygen atoms in total. The molecule has 1 aliphatic heterocycles. The van der Waals surface area contributed by atoms with E-state index in [4.69, 9.17) is 4.74 Å². The second kappa shape index (κ2) is 10.1. The van der Waals surface area contributed by atoms with Crippen LogP contribution in [0.5, 0.6) is 5.75 Å². The molecule has 0 bridgehead atoms. The van der Waals surface area contributed by atoms with Gasteiger partial charge in [0.05, 0.1) is 12.9 Å². The van der Waals surface area contributed by atoms with Crippen LogP contribution in [0.1, 0.15) is 21.7 Å². The lowest BCUT2D eigenvalue weighted by atomic mass is 10.1. The Morgan fingerprint density at radius 3 is 2.18 bits per heavy atom. The van der Waals surface area contributed by atoms with Crippen LogP contribution in [0.15, 0.2) is 53.7 Å². The van der Waals surface area contributed by atoms with Gasteiger partial charge in [0.2, 0.25) is 5.91 Å². The second-order valence-corrected chi connectivity index (χ2v) is 8.83. The Morgan fingerprint density at radius 1 is 0.909 bits per heavy atom. The Balaban J connectivity index is 1.33. The van der Waals surface area contributed by atoms with Crippen molar-refractivity contribution in [2.24, 2.45) is 0 Å². The van der Waals surface area contributed by atoms with Crippen LogP contribution in [0.2, 0.25) is 0 Å². The molecule has 1 saturated heterocycles. The van der Waals surface area contributed by atoms with Gasteiger partial charge in [0.25, 0.3) is 5.91 Å². The predicted molar refractivity (Wildman–Crippen MR) is 127 cm³/mol. The first kappa shape index (κ1) is 22.8. The van der Waals surface area contributed by atoms with E-state index in [0.29, 0.717) is 36.9 Å². The topological polar surface area (TPSA) is 80.6 Å². The van der Waals surface area contributed by atoms with Gasteiger partial charge in [-0.05, 0) is 50.2 Å². The summed E-state index contributed by atoms with van der Waals surface area (Å²) in [5.41, 5.74) is 2.72. The van der Waals surface area contributed by atoms with Gasteiger partial charge in [0.1, 0.15) is 11.6 Å². The predicted octanol–water partition coefficient (Wildman–Crippen LogP) is 2.97. The maximum Gasteiger partial charge on any atom is 0.253 e. The lowest BCUT2D eigenvalue weighted by Gasteiger charge is -2.34. The van der Waals surface area contributed by atoms with Crippen LogP contribution in [0.25, 0.3) is 5.69 Å². The van der Waals surface area contributed by atoms with Gasteiger partial charge in [-0.3, -0.25) is 14.2 Å². The number of aryl methyl sites for hydroxylation is 2. The Morgan fingerprint density at radius 2 is 1.55 bits per heavy atom. The maximum absolute atomic E-state index is 12.8. The quantitative estimate of drug-likeness (QED) is 0.521. The minimum Gasteiger partial charge on any atom is -0.497 e. The number of hydrogen-bond donors (Lipinski definition) is 0. The number of nitrogens with zero attached hydrogens (tertiary/aromatic N) is 5. The van der Waals surface area contributed by atoms with E-state index in [-0.39, 0.29) is 17.6 Å². The second-order valence-electron chi connectivity index (χ2n) is 7.89. The van der Waals surface area contributed by atoms with Gasteiger partial charge in [0, 0.05) is 37.4 Å². The summed E-state index contributed by atoms with van der Waals surface area (Å²) in [6.45, 7) is 6.00. The monoisotopic (exact) mass is 465 g/mol. The number of amides is 2. The fourth-order valence-electron chi connectivity index (χ4n) is 3.72. The lowest BCUT2D eigenvalue weighted by Crippen LogP contribution is -2.51. The maximum atomic E-state index is 12.8. The molecule has 2 aromatic carbocycles.